The topological polar surface area (TPSA) is 0 Å². The zero-order valence-electron chi connectivity index (χ0n) is 12.2. The second-order valence-electron chi connectivity index (χ2n) is 5.47. The zero-order chi connectivity index (χ0) is 15.9. The molecule has 0 unspecified atom stereocenters. The molecular weight excluding hydrogens is 536 g/mol. The van der Waals surface area contributed by atoms with E-state index in [1.165, 1.54) is 36.8 Å². The number of hydrogen-bond acceptors (Lipinski definition) is 0. The summed E-state index contributed by atoms with van der Waals surface area (Å²) in [5.41, 5.74) is 2.80. The molecule has 0 atom stereocenters. The maximum absolute atomic E-state index is 3.55. The van der Waals surface area contributed by atoms with Crippen molar-refractivity contribution in [1.29, 1.82) is 0 Å². The molecule has 0 radical (unpaired) electrons. The fourth-order valence-corrected chi connectivity index (χ4v) is 5.30. The van der Waals surface area contributed by atoms with Crippen molar-refractivity contribution in [1.82, 2.24) is 0 Å². The number of halogens is 4. The molecule has 2 rings (SSSR count). The minimum Gasteiger partial charge on any atom is -0.0530 e. The van der Waals surface area contributed by atoms with Crippen LogP contribution in [0.1, 0.15) is 36.8 Å². The summed E-state index contributed by atoms with van der Waals surface area (Å²) in [6.45, 7) is 0. The fraction of sp³-hybridized carbons (Fsp3) is 0.333. The Hall–Kier alpha value is 0.360. The standard InChI is InChI=1S/C18H18Br4/c19-15-7-13(8-16(20)11-15)5-3-1-2-4-6-14-9-17(21)12-18(22)10-14/h7-12H,1-6H2. The first kappa shape index (κ1) is 18.7. The molecule has 0 aromatic heterocycles. The molecule has 4 heteroatoms. The Labute approximate surface area is 166 Å². The van der Waals surface area contributed by atoms with E-state index in [1.54, 1.807) is 0 Å². The van der Waals surface area contributed by atoms with E-state index in [0.29, 0.717) is 0 Å². The number of unbranched alkanes of at least 4 members (excludes halogenated alkanes) is 3. The summed E-state index contributed by atoms with van der Waals surface area (Å²) < 4.78 is 4.60. The van der Waals surface area contributed by atoms with Gasteiger partial charge in [-0.25, -0.2) is 0 Å². The van der Waals surface area contributed by atoms with Crippen molar-refractivity contribution in [3.63, 3.8) is 0 Å². The second-order valence-corrected chi connectivity index (χ2v) is 9.13. The Bertz CT molecular complexity index is 526. The van der Waals surface area contributed by atoms with Gasteiger partial charge in [0.1, 0.15) is 0 Å². The lowest BCUT2D eigenvalue weighted by Gasteiger charge is -2.05. The monoisotopic (exact) mass is 550 g/mol. The van der Waals surface area contributed by atoms with Crippen LogP contribution in [0.25, 0.3) is 0 Å². The summed E-state index contributed by atoms with van der Waals surface area (Å²) in [7, 11) is 0. The van der Waals surface area contributed by atoms with Crippen molar-refractivity contribution in [3.05, 3.63) is 65.4 Å². The molecule has 0 spiro atoms. The largest absolute Gasteiger partial charge is 0.0530 e. The van der Waals surface area contributed by atoms with E-state index >= 15 is 0 Å². The third kappa shape index (κ3) is 6.86. The first-order valence-corrected chi connectivity index (χ1v) is 10.6. The van der Waals surface area contributed by atoms with Crippen LogP contribution in [-0.4, -0.2) is 0 Å². The van der Waals surface area contributed by atoms with Gasteiger partial charge >= 0.3 is 0 Å². The summed E-state index contributed by atoms with van der Waals surface area (Å²) in [6, 6.07) is 13.0. The zero-order valence-corrected chi connectivity index (χ0v) is 18.6. The number of hydrogen-bond donors (Lipinski definition) is 0. The maximum Gasteiger partial charge on any atom is 0.0189 e. The van der Waals surface area contributed by atoms with Gasteiger partial charge in [-0.15, -0.1) is 0 Å². The Kier molecular flexibility index (Phi) is 8.16. The fourth-order valence-electron chi connectivity index (χ4n) is 2.52. The van der Waals surface area contributed by atoms with Gasteiger partial charge in [-0.2, -0.15) is 0 Å². The van der Waals surface area contributed by atoms with Gasteiger partial charge in [-0.1, -0.05) is 76.6 Å². The first-order chi connectivity index (χ1) is 10.5. The highest BCUT2D eigenvalue weighted by atomic mass is 79.9. The van der Waals surface area contributed by atoms with Crippen LogP contribution in [0.4, 0.5) is 0 Å². The van der Waals surface area contributed by atoms with Crippen molar-refractivity contribution in [2.75, 3.05) is 0 Å². The number of aryl methyl sites for hydroxylation is 2. The summed E-state index contributed by atoms with van der Waals surface area (Å²) >= 11 is 14.2. The summed E-state index contributed by atoms with van der Waals surface area (Å²) in [5, 5.41) is 0. The van der Waals surface area contributed by atoms with Crippen LogP contribution >= 0.6 is 63.7 Å². The number of benzene rings is 2. The van der Waals surface area contributed by atoms with Crippen LogP contribution in [0.5, 0.6) is 0 Å². The minimum absolute atomic E-state index is 1.15. The van der Waals surface area contributed by atoms with Crippen molar-refractivity contribution >= 4 is 63.7 Å². The molecule has 0 aliphatic heterocycles. The van der Waals surface area contributed by atoms with Crippen LogP contribution in [0, 0.1) is 0 Å². The molecule has 0 aliphatic carbocycles. The molecule has 0 saturated carbocycles. The lowest BCUT2D eigenvalue weighted by atomic mass is 10.0. The van der Waals surface area contributed by atoms with Crippen molar-refractivity contribution in [2.45, 2.75) is 38.5 Å². The lowest BCUT2D eigenvalue weighted by molar-refractivity contribution is 0.640. The van der Waals surface area contributed by atoms with E-state index in [1.807, 2.05) is 0 Å². The summed E-state index contributed by atoms with van der Waals surface area (Å²) in [4.78, 5) is 0. The molecule has 0 nitrogen and oxygen atoms in total. The van der Waals surface area contributed by atoms with Crippen LogP contribution < -0.4 is 0 Å². The van der Waals surface area contributed by atoms with Crippen LogP contribution in [0.15, 0.2) is 54.3 Å². The Morgan fingerprint density at radius 1 is 0.455 bits per heavy atom. The average molecular weight is 554 g/mol. The molecule has 0 N–H and O–H groups in total. The van der Waals surface area contributed by atoms with E-state index in [2.05, 4.69) is 100 Å². The van der Waals surface area contributed by atoms with Crippen molar-refractivity contribution in [3.8, 4) is 0 Å². The highest BCUT2D eigenvalue weighted by Gasteiger charge is 2.00. The number of rotatable bonds is 7. The molecule has 0 bridgehead atoms. The third-order valence-corrected chi connectivity index (χ3v) is 5.36. The van der Waals surface area contributed by atoms with Gasteiger partial charge in [0.25, 0.3) is 0 Å². The SMILES string of the molecule is Brc1cc(Br)cc(CCCCCCc2cc(Br)cc(Br)c2)c1. The van der Waals surface area contributed by atoms with E-state index in [0.717, 1.165) is 30.7 Å². The Balaban J connectivity index is 1.67. The van der Waals surface area contributed by atoms with Crippen LogP contribution in [-0.2, 0) is 12.8 Å². The van der Waals surface area contributed by atoms with Gasteiger partial charge in [0, 0.05) is 17.9 Å². The highest BCUT2D eigenvalue weighted by Crippen LogP contribution is 2.23. The molecule has 2 aromatic rings. The first-order valence-electron chi connectivity index (χ1n) is 7.43. The molecule has 0 saturated heterocycles. The van der Waals surface area contributed by atoms with E-state index in [9.17, 15) is 0 Å². The van der Waals surface area contributed by atoms with Gasteiger partial charge < -0.3 is 0 Å². The Morgan fingerprint density at radius 3 is 1.09 bits per heavy atom. The van der Waals surface area contributed by atoms with Gasteiger partial charge in [0.05, 0.1) is 0 Å². The average Bonchev–Trinajstić information content (AvgIpc) is 2.40. The molecule has 22 heavy (non-hydrogen) atoms. The quantitative estimate of drug-likeness (QED) is 0.304. The predicted octanol–water partition coefficient (Wildman–Crippen LogP) is 8.08. The Morgan fingerprint density at radius 2 is 0.773 bits per heavy atom. The summed E-state index contributed by atoms with van der Waals surface area (Å²) in [6.07, 6.45) is 7.40. The van der Waals surface area contributed by atoms with E-state index < -0.39 is 0 Å². The maximum atomic E-state index is 3.55. The smallest absolute Gasteiger partial charge is 0.0189 e. The molecular formula is C18H18Br4. The highest BCUT2D eigenvalue weighted by molar-refractivity contribution is 9.11. The van der Waals surface area contributed by atoms with Gasteiger partial charge in [-0.3, -0.25) is 0 Å². The molecule has 2 aromatic carbocycles. The predicted molar refractivity (Wildman–Crippen MR) is 110 cm³/mol. The van der Waals surface area contributed by atoms with Gasteiger partial charge in [0.15, 0.2) is 0 Å². The molecule has 0 amide bonds. The van der Waals surface area contributed by atoms with E-state index in [4.69, 9.17) is 0 Å². The van der Waals surface area contributed by atoms with Crippen molar-refractivity contribution < 1.29 is 0 Å². The van der Waals surface area contributed by atoms with E-state index in [-0.39, 0.29) is 0 Å². The second kappa shape index (κ2) is 9.61. The van der Waals surface area contributed by atoms with Crippen molar-refractivity contribution in [2.24, 2.45) is 0 Å². The normalized spacial score (nSPS) is 10.9. The summed E-state index contributed by atoms with van der Waals surface area (Å²) in [5.74, 6) is 0. The van der Waals surface area contributed by atoms with Gasteiger partial charge in [0.2, 0.25) is 0 Å². The molecule has 0 aliphatic rings. The molecule has 0 fully saturated rings. The third-order valence-electron chi connectivity index (χ3n) is 3.53. The molecule has 0 heterocycles. The van der Waals surface area contributed by atoms with Crippen LogP contribution in [0.2, 0.25) is 0 Å². The van der Waals surface area contributed by atoms with Crippen LogP contribution in [0.3, 0.4) is 0 Å². The minimum atomic E-state index is 1.15. The molecule has 118 valence electrons. The van der Waals surface area contributed by atoms with Gasteiger partial charge in [-0.05, 0) is 73.2 Å². The lowest BCUT2D eigenvalue weighted by Crippen LogP contribution is -1.89.